The maximum Gasteiger partial charge on any atom is -1.00 e. The molecule has 5 rings (SSSR count). The van der Waals surface area contributed by atoms with E-state index in [0.29, 0.717) is 0 Å². The van der Waals surface area contributed by atoms with Gasteiger partial charge in [-0.25, -0.2) is 0 Å². The smallest absolute Gasteiger partial charge is 1.00 e. The zero-order valence-corrected chi connectivity index (χ0v) is 28.3. The molecule has 0 spiro atoms. The van der Waals surface area contributed by atoms with Crippen molar-refractivity contribution in [1.82, 2.24) is 0 Å². The second-order valence-corrected chi connectivity index (χ2v) is 42.7. The minimum atomic E-state index is -2.44. The maximum atomic E-state index is 13.6. The van der Waals surface area contributed by atoms with Gasteiger partial charge in [-0.1, -0.05) is 0 Å². The summed E-state index contributed by atoms with van der Waals surface area (Å²) in [5, 5.41) is 0. The fourth-order valence-electron chi connectivity index (χ4n) is 5.32. The SMILES string of the molecule is CC1=[C]([Hf+2]([C]2=C(C)C(c3ccc(F)cc3)=CC2)=[Ge]([CH3])[c]2ccccc2)CC=C1c1ccc(F)cc1.[Cl-].[Cl-]. The van der Waals surface area contributed by atoms with E-state index in [0.717, 1.165) is 24.0 Å². The molecule has 6 heteroatoms. The predicted molar refractivity (Wildman–Crippen MR) is 141 cm³/mol. The molecule has 0 heterocycles. The summed E-state index contributed by atoms with van der Waals surface area (Å²) in [6, 6.07) is 25.1. The molecule has 3 aromatic carbocycles. The third kappa shape index (κ3) is 6.22. The van der Waals surface area contributed by atoms with Gasteiger partial charge in [-0.15, -0.1) is 0 Å². The van der Waals surface area contributed by atoms with Gasteiger partial charge < -0.3 is 24.8 Å². The first kappa shape index (κ1) is 30.0. The number of allylic oxidation sites excluding steroid dienone is 8. The first-order chi connectivity index (χ1) is 16.9. The Labute approximate surface area is 239 Å². The van der Waals surface area contributed by atoms with Crippen molar-refractivity contribution in [1.29, 1.82) is 0 Å². The largest absolute Gasteiger partial charge is 1.00 e. The maximum absolute atomic E-state index is 13.6. The first-order valence-electron chi connectivity index (χ1n) is 12.0. The molecule has 0 fully saturated rings. The van der Waals surface area contributed by atoms with Crippen molar-refractivity contribution in [3.63, 3.8) is 0 Å². The second kappa shape index (κ2) is 13.0. The molecule has 2 aliphatic carbocycles. The van der Waals surface area contributed by atoms with E-state index in [1.807, 2.05) is 24.3 Å². The van der Waals surface area contributed by atoms with Crippen LogP contribution in [0.15, 0.2) is 109 Å². The summed E-state index contributed by atoms with van der Waals surface area (Å²) in [6.07, 6.45) is 6.80. The van der Waals surface area contributed by atoms with Crippen LogP contribution in [-0.4, -0.2) is 10.1 Å². The van der Waals surface area contributed by atoms with E-state index in [2.05, 4.69) is 62.1 Å². The van der Waals surface area contributed by atoms with Crippen molar-refractivity contribution < 1.29 is 51.9 Å². The molecule has 0 nitrogen and oxygen atoms in total. The summed E-state index contributed by atoms with van der Waals surface area (Å²) in [6.45, 7) is 4.58. The average Bonchev–Trinajstić information content (AvgIpc) is 3.44. The molecule has 0 amide bonds. The Balaban J connectivity index is 0.00000190. The molecule has 3 aromatic rings. The molecule has 0 saturated heterocycles. The number of rotatable bonds is 5. The van der Waals surface area contributed by atoms with Gasteiger partial charge in [0, 0.05) is 0 Å². The zero-order chi connectivity index (χ0) is 24.5. The van der Waals surface area contributed by atoms with Gasteiger partial charge >= 0.3 is 217 Å². The monoisotopic (exact) mass is 762 g/mol. The molecule has 0 aliphatic heterocycles. The van der Waals surface area contributed by atoms with Gasteiger partial charge in [0.05, 0.1) is 0 Å². The van der Waals surface area contributed by atoms with Crippen LogP contribution < -0.4 is 29.2 Å². The zero-order valence-electron chi connectivity index (χ0n) is 21.1. The van der Waals surface area contributed by atoms with Crippen LogP contribution in [0.5, 0.6) is 0 Å². The Bertz CT molecular complexity index is 1360. The third-order valence-corrected chi connectivity index (χ3v) is 49.6. The molecular weight excluding hydrogens is 732 g/mol. The minimum absolute atomic E-state index is 0. The first-order valence-corrected chi connectivity index (χ1v) is 29.2. The molecule has 0 radical (unpaired) electrons. The van der Waals surface area contributed by atoms with E-state index in [1.54, 1.807) is 35.3 Å². The normalized spacial score (nSPS) is 14.4. The third-order valence-electron chi connectivity index (χ3n) is 7.23. The Hall–Kier alpha value is -1.53. The van der Waals surface area contributed by atoms with Crippen molar-refractivity contribution in [2.75, 3.05) is 0 Å². The van der Waals surface area contributed by atoms with Crippen LogP contribution in [0.1, 0.15) is 37.8 Å². The van der Waals surface area contributed by atoms with E-state index in [9.17, 15) is 8.78 Å². The van der Waals surface area contributed by atoms with Crippen molar-refractivity contribution >= 4 is 25.6 Å². The van der Waals surface area contributed by atoms with Crippen LogP contribution in [0.4, 0.5) is 8.78 Å². The fourth-order valence-corrected chi connectivity index (χ4v) is 51.8. The van der Waals surface area contributed by atoms with Crippen molar-refractivity contribution in [3.8, 4) is 0 Å². The topological polar surface area (TPSA) is 0 Å². The Morgan fingerprint density at radius 1 is 0.622 bits per heavy atom. The van der Waals surface area contributed by atoms with Gasteiger partial charge in [0.1, 0.15) is 0 Å². The number of hydrogen-bond donors (Lipinski definition) is 0. The standard InChI is InChI=1S/2C12H10F.C7H8Ge.2ClH.Hf/c2*1-9-3-2-4-12(9)10-5-7-11(13)8-6-10;1-8-7-5-3-2-4-6-7;;;/h2*4-8H,2H2,1H3;2-6H,1H3;2*1H;/q;;;;;+2/p-2. The summed E-state index contributed by atoms with van der Waals surface area (Å²) in [4.78, 5) is 0. The second-order valence-electron chi connectivity index (χ2n) is 9.23. The molecule has 0 unspecified atom stereocenters. The summed E-state index contributed by atoms with van der Waals surface area (Å²) in [5.41, 5.74) is 7.65. The van der Waals surface area contributed by atoms with Gasteiger partial charge in [0.2, 0.25) is 0 Å². The Morgan fingerprint density at radius 3 is 1.43 bits per heavy atom. The van der Waals surface area contributed by atoms with Crippen LogP contribution in [0.3, 0.4) is 0 Å². The van der Waals surface area contributed by atoms with Gasteiger partial charge in [-0.3, -0.25) is 0 Å². The summed E-state index contributed by atoms with van der Waals surface area (Å²) >= 11 is -2.44. The summed E-state index contributed by atoms with van der Waals surface area (Å²) < 4.78 is 32.2. The van der Waals surface area contributed by atoms with E-state index >= 15 is 0 Å². The minimum Gasteiger partial charge on any atom is -1.00 e. The average molecular weight is 761 g/mol. The quantitative estimate of drug-likeness (QED) is 0.350. The molecule has 0 atom stereocenters. The molecule has 2 aliphatic rings. The van der Waals surface area contributed by atoms with Gasteiger partial charge in [-0.2, -0.15) is 0 Å². The van der Waals surface area contributed by atoms with Crippen LogP contribution in [0, 0.1) is 11.6 Å². The molecule has 37 heavy (non-hydrogen) atoms. The molecule has 0 saturated carbocycles. The predicted octanol–water partition coefficient (Wildman–Crippen LogP) is 1.94. The van der Waals surface area contributed by atoms with Gasteiger partial charge in [0.25, 0.3) is 0 Å². The molecule has 0 bridgehead atoms. The van der Waals surface area contributed by atoms with Gasteiger partial charge in [0.15, 0.2) is 0 Å². The summed E-state index contributed by atoms with van der Waals surface area (Å²) in [5.74, 6) is 2.21. The van der Waals surface area contributed by atoms with Crippen LogP contribution in [-0.2, 0) is 18.3 Å². The van der Waals surface area contributed by atoms with Gasteiger partial charge in [-0.05, 0) is 0 Å². The number of hydrogen-bond acceptors (Lipinski definition) is 0. The van der Waals surface area contributed by atoms with E-state index in [-0.39, 0.29) is 36.4 Å². The molecule has 0 aromatic heterocycles. The van der Waals surface area contributed by atoms with E-state index in [1.165, 1.54) is 22.3 Å². The van der Waals surface area contributed by atoms with Crippen LogP contribution >= 0.6 is 0 Å². The van der Waals surface area contributed by atoms with Crippen molar-refractivity contribution in [2.45, 2.75) is 32.4 Å². The fraction of sp³-hybridized carbons (Fsp3) is 0.161. The Morgan fingerprint density at radius 2 is 1.03 bits per heavy atom. The van der Waals surface area contributed by atoms with Crippen LogP contribution in [0.25, 0.3) is 11.1 Å². The Kier molecular flexibility index (Phi) is 10.6. The van der Waals surface area contributed by atoms with Crippen molar-refractivity contribution in [3.05, 3.63) is 132 Å². The summed E-state index contributed by atoms with van der Waals surface area (Å²) in [7, 11) is -1.55. The number of benzene rings is 3. The van der Waals surface area contributed by atoms with E-state index in [4.69, 9.17) is 0 Å². The van der Waals surface area contributed by atoms with E-state index < -0.39 is 28.4 Å². The van der Waals surface area contributed by atoms with Crippen molar-refractivity contribution in [2.24, 2.45) is 0 Å². The molecule has 0 N–H and O–H groups in total. The molecule has 188 valence electrons. The number of halogens is 4. The molecular formula is C31H28Cl2F2GeHf. The van der Waals surface area contributed by atoms with Crippen LogP contribution in [0.2, 0.25) is 5.76 Å².